The Morgan fingerprint density at radius 3 is 2.65 bits per heavy atom. The number of rotatable bonds is 2. The molecule has 2 saturated heterocycles. The molecule has 3 nitrogen and oxygen atoms in total. The molecule has 3 atom stereocenters. The van der Waals surface area contributed by atoms with E-state index in [4.69, 9.17) is 4.74 Å². The first-order chi connectivity index (χ1) is 8.22. The van der Waals surface area contributed by atoms with E-state index in [9.17, 15) is 5.11 Å². The molecule has 0 saturated carbocycles. The third-order valence-corrected chi connectivity index (χ3v) is 3.97. The Labute approximate surface area is 102 Å². The molecule has 0 aromatic heterocycles. The summed E-state index contributed by atoms with van der Waals surface area (Å²) in [7, 11) is 0. The zero-order valence-electron chi connectivity index (χ0n) is 10.2. The molecule has 17 heavy (non-hydrogen) atoms. The zero-order valence-corrected chi connectivity index (χ0v) is 10.2. The highest BCUT2D eigenvalue weighted by atomic mass is 16.5. The normalized spacial score (nSPS) is 30.4. The van der Waals surface area contributed by atoms with Crippen molar-refractivity contribution in [3.63, 3.8) is 0 Å². The van der Waals surface area contributed by atoms with E-state index in [1.54, 1.807) is 6.07 Å². The molecule has 3 heteroatoms. The van der Waals surface area contributed by atoms with Crippen LogP contribution in [0.4, 0.5) is 0 Å². The van der Waals surface area contributed by atoms with E-state index in [2.05, 4.69) is 17.9 Å². The Morgan fingerprint density at radius 2 is 2.00 bits per heavy atom. The Morgan fingerprint density at radius 1 is 1.29 bits per heavy atom. The molecule has 2 aliphatic heterocycles. The van der Waals surface area contributed by atoms with Gasteiger partial charge in [0.05, 0.1) is 12.2 Å². The fourth-order valence-corrected chi connectivity index (χ4v) is 2.96. The topological polar surface area (TPSA) is 32.7 Å². The van der Waals surface area contributed by atoms with Crippen LogP contribution in [0.3, 0.4) is 0 Å². The summed E-state index contributed by atoms with van der Waals surface area (Å²) >= 11 is 0. The van der Waals surface area contributed by atoms with Crippen LogP contribution < -0.4 is 0 Å². The fraction of sp³-hybridized carbons (Fsp3) is 0.571. The first-order valence-corrected chi connectivity index (χ1v) is 6.41. The molecule has 2 aliphatic rings. The molecular formula is C14H19NO2. The number of ether oxygens (including phenoxy) is 1. The van der Waals surface area contributed by atoms with E-state index in [0.29, 0.717) is 24.0 Å². The summed E-state index contributed by atoms with van der Waals surface area (Å²) in [4.78, 5) is 2.47. The summed E-state index contributed by atoms with van der Waals surface area (Å²) in [6.45, 7) is 4.25. The quantitative estimate of drug-likeness (QED) is 0.851. The van der Waals surface area contributed by atoms with E-state index in [1.807, 2.05) is 12.1 Å². The van der Waals surface area contributed by atoms with Gasteiger partial charge in [-0.2, -0.15) is 0 Å². The second-order valence-corrected chi connectivity index (χ2v) is 5.18. The molecule has 1 aromatic carbocycles. The van der Waals surface area contributed by atoms with Crippen molar-refractivity contribution >= 4 is 0 Å². The number of nitrogens with zero attached hydrogens (tertiary/aromatic N) is 1. The molecule has 0 amide bonds. The van der Waals surface area contributed by atoms with E-state index >= 15 is 0 Å². The maximum atomic E-state index is 9.53. The van der Waals surface area contributed by atoms with Crippen LogP contribution in [-0.2, 0) is 4.74 Å². The van der Waals surface area contributed by atoms with Gasteiger partial charge in [0.25, 0.3) is 0 Å². The molecule has 2 heterocycles. The largest absolute Gasteiger partial charge is 0.508 e. The van der Waals surface area contributed by atoms with Gasteiger partial charge >= 0.3 is 0 Å². The van der Waals surface area contributed by atoms with Crippen molar-refractivity contribution in [2.75, 3.05) is 13.1 Å². The summed E-state index contributed by atoms with van der Waals surface area (Å²) in [5.74, 6) is 0.352. The molecule has 1 aromatic rings. The Hall–Kier alpha value is -1.06. The monoisotopic (exact) mass is 233 g/mol. The van der Waals surface area contributed by atoms with Crippen LogP contribution in [0.1, 0.15) is 31.4 Å². The van der Waals surface area contributed by atoms with Crippen LogP contribution in [0.5, 0.6) is 5.75 Å². The number of hydrogen-bond donors (Lipinski definition) is 1. The molecule has 2 fully saturated rings. The molecule has 2 bridgehead atoms. The van der Waals surface area contributed by atoms with Gasteiger partial charge in [-0.1, -0.05) is 12.1 Å². The van der Waals surface area contributed by atoms with Gasteiger partial charge in [0.2, 0.25) is 0 Å². The van der Waals surface area contributed by atoms with Crippen LogP contribution >= 0.6 is 0 Å². The summed E-state index contributed by atoms with van der Waals surface area (Å²) in [5, 5.41) is 9.53. The van der Waals surface area contributed by atoms with Crippen LogP contribution in [0.2, 0.25) is 0 Å². The summed E-state index contributed by atoms with van der Waals surface area (Å²) in [6.07, 6.45) is 3.25. The second-order valence-electron chi connectivity index (χ2n) is 5.18. The lowest BCUT2D eigenvalue weighted by atomic mass is 10.1. The maximum Gasteiger partial charge on any atom is 0.115 e. The standard InChI is InChI=1S/C14H19NO2/c1-10(11-3-2-4-12(16)7-11)15-8-13-5-6-14(9-15)17-13/h2-4,7,10,13-14,16H,5-6,8-9H2,1H3. The minimum absolute atomic E-state index is 0.352. The van der Waals surface area contributed by atoms with Crippen molar-refractivity contribution in [2.24, 2.45) is 0 Å². The van der Waals surface area contributed by atoms with Crippen LogP contribution in [0.15, 0.2) is 24.3 Å². The number of phenolic OH excluding ortho intramolecular Hbond substituents is 1. The number of morpholine rings is 1. The summed E-state index contributed by atoms with van der Waals surface area (Å²) in [5.41, 5.74) is 1.19. The Bertz CT molecular complexity index is 395. The lowest BCUT2D eigenvalue weighted by Gasteiger charge is -2.36. The van der Waals surface area contributed by atoms with Gasteiger partial charge in [-0.25, -0.2) is 0 Å². The first kappa shape index (κ1) is 11.1. The average molecular weight is 233 g/mol. The SMILES string of the molecule is CC(c1cccc(O)c1)N1CC2CCC(C1)O2. The van der Waals surface area contributed by atoms with E-state index in [-0.39, 0.29) is 0 Å². The summed E-state index contributed by atoms with van der Waals surface area (Å²) < 4.78 is 5.85. The van der Waals surface area contributed by atoms with Crippen molar-refractivity contribution in [1.29, 1.82) is 0 Å². The van der Waals surface area contributed by atoms with Gasteiger partial charge in [0.1, 0.15) is 5.75 Å². The second kappa shape index (κ2) is 4.31. The van der Waals surface area contributed by atoms with E-state index < -0.39 is 0 Å². The Kier molecular flexibility index (Phi) is 2.81. The lowest BCUT2D eigenvalue weighted by Crippen LogP contribution is -2.43. The highest BCUT2D eigenvalue weighted by Gasteiger charge is 2.35. The van der Waals surface area contributed by atoms with Gasteiger partial charge in [-0.3, -0.25) is 4.90 Å². The molecule has 3 unspecified atom stereocenters. The Balaban J connectivity index is 1.76. The van der Waals surface area contributed by atoms with E-state index in [1.165, 1.54) is 18.4 Å². The van der Waals surface area contributed by atoms with Crippen molar-refractivity contribution in [3.8, 4) is 5.75 Å². The van der Waals surface area contributed by atoms with Crippen molar-refractivity contribution < 1.29 is 9.84 Å². The van der Waals surface area contributed by atoms with Gasteiger partial charge in [0.15, 0.2) is 0 Å². The number of phenols is 1. The molecular weight excluding hydrogens is 214 g/mol. The van der Waals surface area contributed by atoms with Gasteiger partial charge in [-0.05, 0) is 37.5 Å². The predicted octanol–water partition coefficient (Wildman–Crippen LogP) is 2.32. The fourth-order valence-electron chi connectivity index (χ4n) is 2.96. The number of hydrogen-bond acceptors (Lipinski definition) is 3. The van der Waals surface area contributed by atoms with Gasteiger partial charge < -0.3 is 9.84 Å². The van der Waals surface area contributed by atoms with Crippen LogP contribution in [0.25, 0.3) is 0 Å². The third-order valence-electron chi connectivity index (χ3n) is 3.97. The minimum atomic E-state index is 0.352. The lowest BCUT2D eigenvalue weighted by molar-refractivity contribution is -0.0509. The molecule has 3 rings (SSSR count). The van der Waals surface area contributed by atoms with Crippen molar-refractivity contribution in [2.45, 2.75) is 38.0 Å². The highest BCUT2D eigenvalue weighted by molar-refractivity contribution is 5.29. The van der Waals surface area contributed by atoms with Crippen LogP contribution in [0, 0.1) is 0 Å². The van der Waals surface area contributed by atoms with Gasteiger partial charge in [0, 0.05) is 19.1 Å². The first-order valence-electron chi connectivity index (χ1n) is 6.41. The zero-order chi connectivity index (χ0) is 11.8. The molecule has 0 aliphatic carbocycles. The molecule has 0 spiro atoms. The highest BCUT2D eigenvalue weighted by Crippen LogP contribution is 2.32. The summed E-state index contributed by atoms with van der Waals surface area (Å²) in [6, 6.07) is 7.94. The van der Waals surface area contributed by atoms with Crippen molar-refractivity contribution in [3.05, 3.63) is 29.8 Å². The van der Waals surface area contributed by atoms with E-state index in [0.717, 1.165) is 13.1 Å². The molecule has 1 N–H and O–H groups in total. The smallest absolute Gasteiger partial charge is 0.115 e. The van der Waals surface area contributed by atoms with Gasteiger partial charge in [-0.15, -0.1) is 0 Å². The third kappa shape index (κ3) is 2.17. The molecule has 92 valence electrons. The predicted molar refractivity (Wildman–Crippen MR) is 66.0 cm³/mol. The number of aromatic hydroxyl groups is 1. The number of fused-ring (bicyclic) bond motifs is 2. The van der Waals surface area contributed by atoms with Crippen molar-refractivity contribution in [1.82, 2.24) is 4.90 Å². The number of benzene rings is 1. The minimum Gasteiger partial charge on any atom is -0.508 e. The average Bonchev–Trinajstić information content (AvgIpc) is 2.67. The maximum absolute atomic E-state index is 9.53. The van der Waals surface area contributed by atoms with Crippen LogP contribution in [-0.4, -0.2) is 35.3 Å². The molecule has 0 radical (unpaired) electrons. The number of likely N-dealkylation sites (tertiary alicyclic amines) is 1.